The van der Waals surface area contributed by atoms with Gasteiger partial charge >= 0.3 is 5.97 Å². The first-order chi connectivity index (χ1) is 8.18. The molecule has 17 heavy (non-hydrogen) atoms. The van der Waals surface area contributed by atoms with E-state index in [1.165, 1.54) is 0 Å². The fourth-order valence-electron chi connectivity index (χ4n) is 2.47. The summed E-state index contributed by atoms with van der Waals surface area (Å²) in [7, 11) is 0. The minimum Gasteiger partial charge on any atom is -0.448 e. The maximum absolute atomic E-state index is 11.9. The van der Waals surface area contributed by atoms with Crippen LogP contribution in [0.5, 0.6) is 0 Å². The summed E-state index contributed by atoms with van der Waals surface area (Å²) < 4.78 is 5.44. The van der Waals surface area contributed by atoms with Crippen molar-refractivity contribution in [1.29, 1.82) is 0 Å². The number of hydrogen-bond donors (Lipinski definition) is 1. The molecule has 0 saturated carbocycles. The number of carbonyl (C=O) groups excluding carboxylic acids is 2. The fraction of sp³-hybridized carbons (Fsp3) is 0.385. The fourth-order valence-corrected chi connectivity index (χ4v) is 2.47. The molecule has 2 aliphatic rings. The standard InChI is InChI=1S/C13H13NO3/c1-2-10(15)8-4-3-5-9-11(8)12(16)17-13(9)6-14-7-13/h3-5,14H,2,6-7H2,1H3. The van der Waals surface area contributed by atoms with Crippen molar-refractivity contribution in [3.63, 3.8) is 0 Å². The van der Waals surface area contributed by atoms with Crippen LogP contribution in [0.25, 0.3) is 0 Å². The summed E-state index contributed by atoms with van der Waals surface area (Å²) in [6.45, 7) is 3.06. The van der Waals surface area contributed by atoms with Crippen LogP contribution in [0.1, 0.15) is 39.6 Å². The maximum Gasteiger partial charge on any atom is 0.340 e. The number of nitrogens with one attached hydrogen (secondary N) is 1. The average molecular weight is 231 g/mol. The zero-order valence-electron chi connectivity index (χ0n) is 9.58. The normalized spacial score (nSPS) is 19.7. The summed E-state index contributed by atoms with van der Waals surface area (Å²) in [5, 5.41) is 3.11. The highest BCUT2D eigenvalue weighted by molar-refractivity contribution is 6.08. The van der Waals surface area contributed by atoms with Crippen molar-refractivity contribution >= 4 is 11.8 Å². The molecule has 1 N–H and O–H groups in total. The Labute approximate surface area is 99.0 Å². The highest BCUT2D eigenvalue weighted by Gasteiger charge is 2.51. The quantitative estimate of drug-likeness (QED) is 0.614. The number of fused-ring (bicyclic) bond motifs is 2. The van der Waals surface area contributed by atoms with Crippen molar-refractivity contribution in [1.82, 2.24) is 5.32 Å². The summed E-state index contributed by atoms with van der Waals surface area (Å²) in [5.74, 6) is -0.373. The van der Waals surface area contributed by atoms with Gasteiger partial charge in [-0.25, -0.2) is 4.79 Å². The molecule has 0 bridgehead atoms. The van der Waals surface area contributed by atoms with Gasteiger partial charge in [-0.05, 0) is 0 Å². The van der Waals surface area contributed by atoms with Crippen LogP contribution in [0, 0.1) is 0 Å². The second kappa shape index (κ2) is 3.40. The van der Waals surface area contributed by atoms with E-state index in [-0.39, 0.29) is 11.8 Å². The van der Waals surface area contributed by atoms with Crippen LogP contribution < -0.4 is 5.32 Å². The zero-order chi connectivity index (χ0) is 12.0. The highest BCUT2D eigenvalue weighted by atomic mass is 16.6. The minimum absolute atomic E-state index is 0.0110. The van der Waals surface area contributed by atoms with Gasteiger partial charge in [-0.2, -0.15) is 0 Å². The van der Waals surface area contributed by atoms with Crippen LogP contribution >= 0.6 is 0 Å². The van der Waals surface area contributed by atoms with Crippen LogP contribution in [0.4, 0.5) is 0 Å². The lowest BCUT2D eigenvalue weighted by atomic mass is 9.85. The lowest BCUT2D eigenvalue weighted by Crippen LogP contribution is -2.56. The molecule has 1 spiro atoms. The van der Waals surface area contributed by atoms with Crippen molar-refractivity contribution < 1.29 is 14.3 Å². The number of rotatable bonds is 2. The predicted octanol–water partition coefficient (Wildman–Crippen LogP) is 1.25. The van der Waals surface area contributed by atoms with Crippen molar-refractivity contribution in [2.45, 2.75) is 18.9 Å². The molecule has 0 unspecified atom stereocenters. The maximum atomic E-state index is 11.9. The Morgan fingerprint density at radius 1 is 1.47 bits per heavy atom. The van der Waals surface area contributed by atoms with Crippen LogP contribution in [-0.4, -0.2) is 24.8 Å². The molecule has 2 heterocycles. The number of Topliss-reactive ketones (excluding diaryl/α,β-unsaturated/α-hetero) is 1. The molecule has 0 amide bonds. The van der Waals surface area contributed by atoms with E-state index in [9.17, 15) is 9.59 Å². The second-order valence-corrected chi connectivity index (χ2v) is 4.49. The number of esters is 1. The number of hydrogen-bond acceptors (Lipinski definition) is 4. The molecule has 1 fully saturated rings. The molecule has 1 aromatic carbocycles. The molecule has 2 aliphatic heterocycles. The summed E-state index contributed by atoms with van der Waals surface area (Å²) in [6, 6.07) is 5.41. The van der Waals surface area contributed by atoms with Gasteiger partial charge in [0.25, 0.3) is 0 Å². The number of carbonyl (C=O) groups is 2. The lowest BCUT2D eigenvalue weighted by molar-refractivity contribution is -0.0369. The topological polar surface area (TPSA) is 55.4 Å². The Bertz CT molecular complexity index is 517. The molecule has 88 valence electrons. The summed E-state index contributed by atoms with van der Waals surface area (Å²) in [5.41, 5.74) is 1.32. The second-order valence-electron chi connectivity index (χ2n) is 4.49. The van der Waals surface area contributed by atoms with Gasteiger partial charge in [0.1, 0.15) is 0 Å². The molecule has 1 aromatic rings. The molecule has 4 heteroatoms. The largest absolute Gasteiger partial charge is 0.448 e. The van der Waals surface area contributed by atoms with E-state index >= 15 is 0 Å². The van der Waals surface area contributed by atoms with Gasteiger partial charge in [-0.1, -0.05) is 25.1 Å². The monoisotopic (exact) mass is 231 g/mol. The third-order valence-electron chi connectivity index (χ3n) is 3.49. The molecular weight excluding hydrogens is 218 g/mol. The van der Waals surface area contributed by atoms with Crippen molar-refractivity contribution in [2.24, 2.45) is 0 Å². The van der Waals surface area contributed by atoms with E-state index in [0.717, 1.165) is 5.56 Å². The van der Waals surface area contributed by atoms with E-state index in [4.69, 9.17) is 4.74 Å². The van der Waals surface area contributed by atoms with Gasteiger partial charge in [-0.3, -0.25) is 4.79 Å². The van der Waals surface area contributed by atoms with E-state index in [2.05, 4.69) is 5.32 Å². The SMILES string of the molecule is CCC(=O)c1cccc2c1C(=O)OC21CNC1. The average Bonchev–Trinajstić information content (AvgIpc) is 2.62. The van der Waals surface area contributed by atoms with Gasteiger partial charge in [0.05, 0.1) is 5.56 Å². The van der Waals surface area contributed by atoms with Crippen LogP contribution in [0.2, 0.25) is 0 Å². The Balaban J connectivity index is 2.18. The van der Waals surface area contributed by atoms with E-state index < -0.39 is 5.60 Å². The van der Waals surface area contributed by atoms with Crippen molar-refractivity contribution in [2.75, 3.05) is 13.1 Å². The highest BCUT2D eigenvalue weighted by Crippen LogP contribution is 2.40. The molecule has 0 radical (unpaired) electrons. The summed E-state index contributed by atoms with van der Waals surface area (Å²) in [6.07, 6.45) is 0.398. The smallest absolute Gasteiger partial charge is 0.340 e. The van der Waals surface area contributed by atoms with Crippen molar-refractivity contribution in [3.8, 4) is 0 Å². The third kappa shape index (κ3) is 1.27. The number of ether oxygens (including phenoxy) is 1. The molecule has 0 aromatic heterocycles. The molecule has 0 aliphatic carbocycles. The van der Waals surface area contributed by atoms with Crippen LogP contribution in [-0.2, 0) is 10.3 Å². The summed E-state index contributed by atoms with van der Waals surface area (Å²) >= 11 is 0. The van der Waals surface area contributed by atoms with E-state index in [0.29, 0.717) is 30.6 Å². The Morgan fingerprint density at radius 2 is 2.24 bits per heavy atom. The van der Waals surface area contributed by atoms with Gasteiger partial charge in [0.15, 0.2) is 11.4 Å². The Kier molecular flexibility index (Phi) is 2.10. The van der Waals surface area contributed by atoms with Crippen LogP contribution in [0.15, 0.2) is 18.2 Å². The van der Waals surface area contributed by atoms with Crippen molar-refractivity contribution in [3.05, 3.63) is 34.9 Å². The first kappa shape index (κ1) is 10.5. The van der Waals surface area contributed by atoms with Gasteiger partial charge in [0, 0.05) is 30.6 Å². The number of ketones is 1. The minimum atomic E-state index is -0.517. The number of benzene rings is 1. The third-order valence-corrected chi connectivity index (χ3v) is 3.49. The molecule has 4 nitrogen and oxygen atoms in total. The Hall–Kier alpha value is -1.68. The predicted molar refractivity (Wildman–Crippen MR) is 61.0 cm³/mol. The zero-order valence-corrected chi connectivity index (χ0v) is 9.58. The molecular formula is C13H13NO3. The van der Waals surface area contributed by atoms with E-state index in [1.807, 2.05) is 12.1 Å². The van der Waals surface area contributed by atoms with Gasteiger partial charge in [-0.15, -0.1) is 0 Å². The molecule has 3 rings (SSSR count). The first-order valence-corrected chi connectivity index (χ1v) is 5.79. The van der Waals surface area contributed by atoms with Gasteiger partial charge < -0.3 is 10.1 Å². The van der Waals surface area contributed by atoms with E-state index in [1.54, 1.807) is 13.0 Å². The first-order valence-electron chi connectivity index (χ1n) is 5.79. The Morgan fingerprint density at radius 3 is 2.82 bits per heavy atom. The summed E-state index contributed by atoms with van der Waals surface area (Å²) in [4.78, 5) is 23.7. The molecule has 1 saturated heterocycles. The van der Waals surface area contributed by atoms with Gasteiger partial charge in [0.2, 0.25) is 0 Å². The molecule has 0 atom stereocenters. The lowest BCUT2D eigenvalue weighted by Gasteiger charge is -2.37. The van der Waals surface area contributed by atoms with Crippen LogP contribution in [0.3, 0.4) is 0 Å².